The van der Waals surface area contributed by atoms with E-state index in [0.29, 0.717) is 0 Å². The van der Waals surface area contributed by atoms with Crippen molar-refractivity contribution in [1.29, 1.82) is 0 Å². The molecule has 0 amide bonds. The molecule has 0 aliphatic carbocycles. The van der Waals surface area contributed by atoms with Crippen LogP contribution in [-0.2, 0) is 6.42 Å². The van der Waals surface area contributed by atoms with Crippen molar-refractivity contribution >= 4 is 0 Å². The van der Waals surface area contributed by atoms with E-state index in [-0.39, 0.29) is 5.60 Å². The third kappa shape index (κ3) is 2.68. The smallest absolute Gasteiger partial charge is 0.123 e. The van der Waals surface area contributed by atoms with Gasteiger partial charge in [0, 0.05) is 6.42 Å². The minimum atomic E-state index is -0.585. The van der Waals surface area contributed by atoms with E-state index >= 15 is 0 Å². The molecule has 1 unspecified atom stereocenters. The summed E-state index contributed by atoms with van der Waals surface area (Å²) in [4.78, 5) is 0. The lowest BCUT2D eigenvalue weighted by Gasteiger charge is -2.16. The van der Waals surface area contributed by atoms with E-state index in [0.717, 1.165) is 23.3 Å². The zero-order valence-electron chi connectivity index (χ0n) is 13.1. The highest BCUT2D eigenvalue weighted by Gasteiger charge is 2.30. The van der Waals surface area contributed by atoms with Crippen LogP contribution < -0.4 is 4.74 Å². The molecule has 0 fully saturated rings. The summed E-state index contributed by atoms with van der Waals surface area (Å²) in [6.07, 6.45) is 0.300. The minimum absolute atomic E-state index is 0.146. The summed E-state index contributed by atoms with van der Waals surface area (Å²) in [5, 5.41) is 10.6. The van der Waals surface area contributed by atoms with Crippen LogP contribution >= 0.6 is 0 Å². The number of fused-ring (bicyclic) bond motifs is 1. The van der Waals surface area contributed by atoms with E-state index in [2.05, 4.69) is 45.9 Å². The van der Waals surface area contributed by atoms with Gasteiger partial charge in [0.25, 0.3) is 0 Å². The zero-order chi connectivity index (χ0) is 15.2. The molecular formula is C19H22O2. The molecule has 0 aromatic heterocycles. The Hall–Kier alpha value is -1.80. The van der Waals surface area contributed by atoms with Gasteiger partial charge in [-0.1, -0.05) is 24.3 Å². The van der Waals surface area contributed by atoms with Gasteiger partial charge in [0.2, 0.25) is 0 Å². The number of aliphatic hydroxyl groups excluding tert-OH is 1. The number of benzene rings is 2. The molecule has 0 radical (unpaired) electrons. The van der Waals surface area contributed by atoms with Crippen LogP contribution in [0.15, 0.2) is 36.4 Å². The first-order valence-electron chi connectivity index (χ1n) is 7.43. The summed E-state index contributed by atoms with van der Waals surface area (Å²) < 4.78 is 5.89. The van der Waals surface area contributed by atoms with Gasteiger partial charge in [-0.15, -0.1) is 0 Å². The van der Waals surface area contributed by atoms with Crippen LogP contribution in [0.25, 0.3) is 0 Å². The van der Waals surface area contributed by atoms with Gasteiger partial charge in [0.1, 0.15) is 17.5 Å². The van der Waals surface area contributed by atoms with Crippen molar-refractivity contribution in [2.45, 2.75) is 45.8 Å². The first-order chi connectivity index (χ1) is 9.85. The lowest BCUT2D eigenvalue weighted by Crippen LogP contribution is -2.24. The first kappa shape index (κ1) is 14.2. The molecule has 2 aromatic rings. The fourth-order valence-corrected chi connectivity index (χ4v) is 2.93. The molecule has 1 N–H and O–H groups in total. The maximum Gasteiger partial charge on any atom is 0.123 e. The summed E-state index contributed by atoms with van der Waals surface area (Å²) in [6, 6.07) is 12.1. The molecule has 21 heavy (non-hydrogen) atoms. The quantitative estimate of drug-likeness (QED) is 0.898. The van der Waals surface area contributed by atoms with Crippen LogP contribution in [0.5, 0.6) is 5.75 Å². The number of rotatable bonds is 2. The summed E-state index contributed by atoms with van der Waals surface area (Å²) in [7, 11) is 0. The highest BCUT2D eigenvalue weighted by Crippen LogP contribution is 2.37. The Kier molecular flexibility index (Phi) is 3.29. The van der Waals surface area contributed by atoms with E-state index in [1.165, 1.54) is 16.7 Å². The van der Waals surface area contributed by atoms with Crippen LogP contribution in [0, 0.1) is 13.8 Å². The number of hydrogen-bond acceptors (Lipinski definition) is 2. The van der Waals surface area contributed by atoms with Gasteiger partial charge >= 0.3 is 0 Å². The minimum Gasteiger partial charge on any atom is -0.487 e. The normalized spacial score (nSPS) is 17.2. The molecule has 2 aromatic carbocycles. The Morgan fingerprint density at radius 3 is 2.38 bits per heavy atom. The number of hydrogen-bond donors (Lipinski definition) is 1. The molecule has 0 saturated heterocycles. The van der Waals surface area contributed by atoms with Crippen molar-refractivity contribution in [3.05, 3.63) is 64.2 Å². The van der Waals surface area contributed by atoms with E-state index in [1.807, 2.05) is 18.2 Å². The van der Waals surface area contributed by atoms with Gasteiger partial charge in [-0.3, -0.25) is 0 Å². The standard InChI is InChI=1S/C19H22O2/c1-12-5-6-14(9-13(12)2)18(20)15-7-8-17-16(10-15)11-19(3,4)21-17/h5-10,18,20H,11H2,1-4H3. The van der Waals surface area contributed by atoms with Crippen LogP contribution in [0.1, 0.15) is 47.8 Å². The average molecular weight is 282 g/mol. The van der Waals surface area contributed by atoms with E-state index in [9.17, 15) is 5.11 Å². The SMILES string of the molecule is Cc1ccc(C(O)c2ccc3c(c2)CC(C)(C)O3)cc1C. The van der Waals surface area contributed by atoms with Gasteiger partial charge in [0.05, 0.1) is 0 Å². The van der Waals surface area contributed by atoms with Crippen molar-refractivity contribution in [1.82, 2.24) is 0 Å². The van der Waals surface area contributed by atoms with Gasteiger partial charge in [-0.2, -0.15) is 0 Å². The number of aryl methyl sites for hydroxylation is 2. The fourth-order valence-electron chi connectivity index (χ4n) is 2.93. The van der Waals surface area contributed by atoms with Crippen molar-refractivity contribution < 1.29 is 9.84 Å². The third-order valence-electron chi connectivity index (χ3n) is 4.25. The predicted octanol–water partition coefficient (Wildman–Crippen LogP) is 4.10. The Balaban J connectivity index is 1.93. The van der Waals surface area contributed by atoms with Crippen LogP contribution in [0.2, 0.25) is 0 Å². The van der Waals surface area contributed by atoms with E-state index < -0.39 is 6.10 Å². The summed E-state index contributed by atoms with van der Waals surface area (Å²) in [5.74, 6) is 0.941. The van der Waals surface area contributed by atoms with Crippen molar-refractivity contribution in [3.8, 4) is 5.75 Å². The fraction of sp³-hybridized carbons (Fsp3) is 0.368. The lowest BCUT2D eigenvalue weighted by atomic mass is 9.95. The highest BCUT2D eigenvalue weighted by molar-refractivity contribution is 5.44. The maximum atomic E-state index is 10.6. The monoisotopic (exact) mass is 282 g/mol. The number of ether oxygens (including phenoxy) is 1. The molecule has 1 atom stereocenters. The second-order valence-corrected chi connectivity index (χ2v) is 6.65. The molecule has 3 rings (SSSR count). The maximum absolute atomic E-state index is 10.6. The molecule has 0 bridgehead atoms. The van der Waals surface area contributed by atoms with Crippen molar-refractivity contribution in [2.24, 2.45) is 0 Å². The molecule has 0 saturated carbocycles. The molecular weight excluding hydrogens is 260 g/mol. The molecule has 2 heteroatoms. The van der Waals surface area contributed by atoms with E-state index in [4.69, 9.17) is 4.74 Å². The molecule has 0 spiro atoms. The highest BCUT2D eigenvalue weighted by atomic mass is 16.5. The summed E-state index contributed by atoms with van der Waals surface area (Å²) >= 11 is 0. The zero-order valence-corrected chi connectivity index (χ0v) is 13.1. The molecule has 1 heterocycles. The Bertz CT molecular complexity index is 686. The molecule has 110 valence electrons. The Morgan fingerprint density at radius 2 is 1.67 bits per heavy atom. The summed E-state index contributed by atoms with van der Waals surface area (Å²) in [5.41, 5.74) is 5.36. The van der Waals surface area contributed by atoms with Crippen molar-refractivity contribution in [3.63, 3.8) is 0 Å². The molecule has 1 aliphatic heterocycles. The molecule has 2 nitrogen and oxygen atoms in total. The largest absolute Gasteiger partial charge is 0.487 e. The second kappa shape index (κ2) is 4.88. The summed E-state index contributed by atoms with van der Waals surface area (Å²) in [6.45, 7) is 8.34. The molecule has 1 aliphatic rings. The topological polar surface area (TPSA) is 29.5 Å². The van der Waals surface area contributed by atoms with E-state index in [1.54, 1.807) is 0 Å². The lowest BCUT2D eigenvalue weighted by molar-refractivity contribution is 0.138. The van der Waals surface area contributed by atoms with Crippen LogP contribution in [-0.4, -0.2) is 10.7 Å². The predicted molar refractivity (Wildman–Crippen MR) is 84.8 cm³/mol. The van der Waals surface area contributed by atoms with Gasteiger partial charge in [0.15, 0.2) is 0 Å². The Morgan fingerprint density at radius 1 is 1.00 bits per heavy atom. The third-order valence-corrected chi connectivity index (χ3v) is 4.25. The average Bonchev–Trinajstić information content (AvgIpc) is 2.73. The van der Waals surface area contributed by atoms with Gasteiger partial charge in [-0.25, -0.2) is 0 Å². The van der Waals surface area contributed by atoms with Crippen LogP contribution in [0.3, 0.4) is 0 Å². The Labute approximate surface area is 126 Å². The van der Waals surface area contributed by atoms with Crippen LogP contribution in [0.4, 0.5) is 0 Å². The number of aliphatic hydroxyl groups is 1. The van der Waals surface area contributed by atoms with Gasteiger partial charge < -0.3 is 9.84 Å². The van der Waals surface area contributed by atoms with Crippen molar-refractivity contribution in [2.75, 3.05) is 0 Å². The second-order valence-electron chi connectivity index (χ2n) is 6.65. The van der Waals surface area contributed by atoms with Gasteiger partial charge in [-0.05, 0) is 67.6 Å². The first-order valence-corrected chi connectivity index (χ1v) is 7.43.